The molecule has 0 atom stereocenters. The van der Waals surface area contributed by atoms with Gasteiger partial charge in [0.1, 0.15) is 0 Å². The number of carbonyl (C=O) groups is 1. The third kappa shape index (κ3) is 5.34. The molecule has 0 fully saturated rings. The summed E-state index contributed by atoms with van der Waals surface area (Å²) >= 11 is 0. The molecule has 0 aliphatic carbocycles. The Morgan fingerprint density at radius 2 is 1.83 bits per heavy atom. The van der Waals surface area contributed by atoms with E-state index in [0.717, 1.165) is 11.1 Å². The van der Waals surface area contributed by atoms with Crippen molar-refractivity contribution >= 4 is 5.91 Å². The van der Waals surface area contributed by atoms with Crippen molar-refractivity contribution in [3.8, 4) is 22.9 Å². The van der Waals surface area contributed by atoms with Crippen LogP contribution in [-0.2, 0) is 17.8 Å². The molecule has 1 aromatic heterocycles. The number of ether oxygens (including phenoxy) is 2. The Kier molecular flexibility index (Phi) is 6.84. The van der Waals surface area contributed by atoms with Crippen LogP contribution < -0.4 is 9.47 Å². The van der Waals surface area contributed by atoms with E-state index in [1.807, 2.05) is 43.4 Å². The fourth-order valence-corrected chi connectivity index (χ4v) is 2.98. The van der Waals surface area contributed by atoms with Gasteiger partial charge in [-0.15, -0.1) is 0 Å². The molecule has 0 spiro atoms. The lowest BCUT2D eigenvalue weighted by molar-refractivity contribution is -0.130. The highest BCUT2D eigenvalue weighted by molar-refractivity contribution is 5.75. The van der Waals surface area contributed by atoms with Gasteiger partial charge in [-0.2, -0.15) is 4.98 Å². The van der Waals surface area contributed by atoms with Crippen molar-refractivity contribution in [1.29, 1.82) is 0 Å². The second-order valence-corrected chi connectivity index (χ2v) is 6.67. The number of hydrogen-bond donors (Lipinski definition) is 0. The maximum Gasteiger partial charge on any atom is 0.226 e. The van der Waals surface area contributed by atoms with Crippen LogP contribution >= 0.6 is 0 Å². The summed E-state index contributed by atoms with van der Waals surface area (Å²) in [4.78, 5) is 18.5. The van der Waals surface area contributed by atoms with Gasteiger partial charge in [0.15, 0.2) is 11.5 Å². The zero-order valence-electron chi connectivity index (χ0n) is 16.9. The molecule has 0 radical (unpaired) electrons. The summed E-state index contributed by atoms with van der Waals surface area (Å²) in [5.74, 6) is 2.32. The van der Waals surface area contributed by atoms with Crippen LogP contribution in [0.1, 0.15) is 24.3 Å². The first-order chi connectivity index (χ1) is 14.1. The van der Waals surface area contributed by atoms with Crippen molar-refractivity contribution in [3.63, 3.8) is 0 Å². The Hall–Kier alpha value is -3.35. The van der Waals surface area contributed by atoms with E-state index >= 15 is 0 Å². The summed E-state index contributed by atoms with van der Waals surface area (Å²) in [5, 5.41) is 4.03. The summed E-state index contributed by atoms with van der Waals surface area (Å²) < 4.78 is 15.9. The molecule has 7 nitrogen and oxygen atoms in total. The van der Waals surface area contributed by atoms with Crippen LogP contribution in [0.25, 0.3) is 11.4 Å². The average Bonchev–Trinajstić information content (AvgIpc) is 3.22. The maximum atomic E-state index is 12.3. The quantitative estimate of drug-likeness (QED) is 0.549. The SMILES string of the molecule is COc1ccc(-c2noc(CCCC(=O)N(C)Cc3ccccc3)n2)cc1OC. The number of methoxy groups -OCH3 is 2. The molecule has 3 rings (SSSR count). The molecular formula is C22H25N3O4. The molecule has 29 heavy (non-hydrogen) atoms. The van der Waals surface area contributed by atoms with Crippen LogP contribution in [0.15, 0.2) is 53.1 Å². The number of benzene rings is 2. The van der Waals surface area contributed by atoms with E-state index in [0.29, 0.717) is 49.0 Å². The molecule has 0 saturated carbocycles. The molecule has 7 heteroatoms. The number of nitrogens with zero attached hydrogens (tertiary/aromatic N) is 3. The summed E-state index contributed by atoms with van der Waals surface area (Å²) in [6, 6.07) is 15.4. The average molecular weight is 395 g/mol. The van der Waals surface area contributed by atoms with Crippen LogP contribution in [0, 0.1) is 0 Å². The van der Waals surface area contributed by atoms with Crippen LogP contribution in [-0.4, -0.2) is 42.2 Å². The number of hydrogen-bond acceptors (Lipinski definition) is 6. The van der Waals surface area contributed by atoms with Gasteiger partial charge in [0.25, 0.3) is 0 Å². The first-order valence-electron chi connectivity index (χ1n) is 9.43. The van der Waals surface area contributed by atoms with Gasteiger partial charge in [-0.1, -0.05) is 35.5 Å². The standard InChI is InChI=1S/C22H25N3O4/c1-25(15-16-8-5-4-6-9-16)21(26)11-7-10-20-23-22(24-29-20)17-12-13-18(27-2)19(14-17)28-3/h4-6,8-9,12-14H,7,10-11,15H2,1-3H3. The minimum atomic E-state index is 0.0912. The molecular weight excluding hydrogens is 370 g/mol. The van der Waals surface area contributed by atoms with Gasteiger partial charge in [0.2, 0.25) is 17.6 Å². The molecule has 0 N–H and O–H groups in total. The molecule has 3 aromatic rings. The van der Waals surface area contributed by atoms with Gasteiger partial charge in [0.05, 0.1) is 14.2 Å². The molecule has 0 aliphatic heterocycles. The Balaban J connectivity index is 1.52. The third-order valence-corrected chi connectivity index (χ3v) is 4.58. The molecule has 152 valence electrons. The molecule has 0 aliphatic rings. The zero-order chi connectivity index (χ0) is 20.6. The van der Waals surface area contributed by atoms with Crippen molar-refractivity contribution in [2.24, 2.45) is 0 Å². The monoisotopic (exact) mass is 395 g/mol. The van der Waals surface area contributed by atoms with Crippen molar-refractivity contribution in [1.82, 2.24) is 15.0 Å². The van der Waals surface area contributed by atoms with Crippen LogP contribution in [0.3, 0.4) is 0 Å². The number of aryl methyl sites for hydroxylation is 1. The zero-order valence-corrected chi connectivity index (χ0v) is 16.9. The van der Waals surface area contributed by atoms with E-state index in [2.05, 4.69) is 10.1 Å². The molecule has 1 amide bonds. The van der Waals surface area contributed by atoms with Crippen LogP contribution in [0.2, 0.25) is 0 Å². The highest BCUT2D eigenvalue weighted by Gasteiger charge is 2.14. The van der Waals surface area contributed by atoms with Crippen molar-refractivity contribution in [2.75, 3.05) is 21.3 Å². The normalized spacial score (nSPS) is 10.6. The van der Waals surface area contributed by atoms with Crippen molar-refractivity contribution < 1.29 is 18.8 Å². The highest BCUT2D eigenvalue weighted by Crippen LogP contribution is 2.31. The number of aromatic nitrogens is 2. The second-order valence-electron chi connectivity index (χ2n) is 6.67. The lowest BCUT2D eigenvalue weighted by Gasteiger charge is -2.17. The summed E-state index contributed by atoms with van der Waals surface area (Å²) in [6.07, 6.45) is 1.62. The first-order valence-corrected chi connectivity index (χ1v) is 9.43. The lowest BCUT2D eigenvalue weighted by atomic mass is 10.2. The summed E-state index contributed by atoms with van der Waals surface area (Å²) in [7, 11) is 4.98. The molecule has 0 saturated heterocycles. The topological polar surface area (TPSA) is 77.7 Å². The number of carbonyl (C=O) groups excluding carboxylic acids is 1. The van der Waals surface area contributed by atoms with E-state index in [9.17, 15) is 4.79 Å². The molecule has 0 unspecified atom stereocenters. The van der Waals surface area contributed by atoms with Gasteiger partial charge in [-0.3, -0.25) is 4.79 Å². The number of rotatable bonds is 9. The summed E-state index contributed by atoms with van der Waals surface area (Å²) in [6.45, 7) is 0.601. The van der Waals surface area contributed by atoms with Gasteiger partial charge >= 0.3 is 0 Å². The smallest absolute Gasteiger partial charge is 0.226 e. The van der Waals surface area contributed by atoms with Crippen LogP contribution in [0.5, 0.6) is 11.5 Å². The van der Waals surface area contributed by atoms with E-state index in [4.69, 9.17) is 14.0 Å². The summed E-state index contributed by atoms with van der Waals surface area (Å²) in [5.41, 5.74) is 1.89. The van der Waals surface area contributed by atoms with Crippen LogP contribution in [0.4, 0.5) is 0 Å². The molecule has 2 aromatic carbocycles. The van der Waals surface area contributed by atoms with E-state index in [-0.39, 0.29) is 5.91 Å². The fraction of sp³-hybridized carbons (Fsp3) is 0.318. The predicted molar refractivity (Wildman–Crippen MR) is 109 cm³/mol. The van der Waals surface area contributed by atoms with E-state index in [1.54, 1.807) is 31.3 Å². The van der Waals surface area contributed by atoms with Crippen molar-refractivity contribution in [3.05, 3.63) is 60.0 Å². The fourth-order valence-electron chi connectivity index (χ4n) is 2.98. The lowest BCUT2D eigenvalue weighted by Crippen LogP contribution is -2.25. The van der Waals surface area contributed by atoms with Crippen molar-refractivity contribution in [2.45, 2.75) is 25.8 Å². The molecule has 0 bridgehead atoms. The van der Waals surface area contributed by atoms with Gasteiger partial charge in [-0.05, 0) is 30.2 Å². The minimum Gasteiger partial charge on any atom is -0.493 e. The van der Waals surface area contributed by atoms with E-state index < -0.39 is 0 Å². The predicted octanol–water partition coefficient (Wildman–Crippen LogP) is 3.74. The van der Waals surface area contributed by atoms with Gasteiger partial charge < -0.3 is 18.9 Å². The Bertz CT molecular complexity index is 940. The maximum absolute atomic E-state index is 12.3. The Labute approximate surface area is 170 Å². The first kappa shape index (κ1) is 20.4. The second kappa shape index (κ2) is 9.73. The molecule has 1 heterocycles. The Morgan fingerprint density at radius 3 is 2.55 bits per heavy atom. The largest absolute Gasteiger partial charge is 0.493 e. The van der Waals surface area contributed by atoms with E-state index in [1.165, 1.54) is 0 Å². The third-order valence-electron chi connectivity index (χ3n) is 4.58. The Morgan fingerprint density at radius 1 is 1.07 bits per heavy atom. The van der Waals surface area contributed by atoms with Gasteiger partial charge in [-0.25, -0.2) is 0 Å². The van der Waals surface area contributed by atoms with Gasteiger partial charge in [0, 0.05) is 32.0 Å². The highest BCUT2D eigenvalue weighted by atomic mass is 16.5. The minimum absolute atomic E-state index is 0.0912. The number of amides is 1.